The Morgan fingerprint density at radius 1 is 1.21 bits per heavy atom. The van der Waals surface area contributed by atoms with Crippen molar-refractivity contribution in [1.82, 2.24) is 19.7 Å². The highest BCUT2D eigenvalue weighted by Gasteiger charge is 2.09. The van der Waals surface area contributed by atoms with Crippen LogP contribution < -0.4 is 15.6 Å². The summed E-state index contributed by atoms with van der Waals surface area (Å²) >= 11 is 1.54. The molecule has 3 heterocycles. The van der Waals surface area contributed by atoms with E-state index in [1.54, 1.807) is 13.2 Å². The summed E-state index contributed by atoms with van der Waals surface area (Å²) in [7, 11) is 1.64. The first kappa shape index (κ1) is 18.9. The van der Waals surface area contributed by atoms with Gasteiger partial charge in [0.2, 0.25) is 5.91 Å². The average Bonchev–Trinajstić information content (AvgIpc) is 3.39. The minimum absolute atomic E-state index is 0.109. The van der Waals surface area contributed by atoms with Crippen molar-refractivity contribution in [2.45, 2.75) is 13.1 Å². The van der Waals surface area contributed by atoms with Crippen LogP contribution in [0.4, 0.5) is 0 Å². The fourth-order valence-electron chi connectivity index (χ4n) is 3.13. The second-order valence-electron chi connectivity index (χ2n) is 6.48. The van der Waals surface area contributed by atoms with Crippen LogP contribution in [-0.4, -0.2) is 33.9 Å². The molecule has 0 fully saturated rings. The largest absolute Gasteiger partial charge is 0.497 e. The van der Waals surface area contributed by atoms with Crippen molar-refractivity contribution in [3.05, 3.63) is 70.5 Å². The van der Waals surface area contributed by atoms with Crippen LogP contribution in [0.25, 0.3) is 21.5 Å². The third-order valence-corrected chi connectivity index (χ3v) is 5.48. The Balaban J connectivity index is 1.37. The van der Waals surface area contributed by atoms with E-state index in [0.29, 0.717) is 18.8 Å². The molecule has 4 aromatic rings. The van der Waals surface area contributed by atoms with Crippen LogP contribution in [0, 0.1) is 0 Å². The number of hydrogen-bond acceptors (Lipinski definition) is 5. The lowest BCUT2D eigenvalue weighted by molar-refractivity contribution is -0.121. The van der Waals surface area contributed by atoms with Crippen molar-refractivity contribution in [3.8, 4) is 16.3 Å². The Hall–Kier alpha value is -3.39. The zero-order valence-electron chi connectivity index (χ0n) is 15.9. The van der Waals surface area contributed by atoms with Crippen molar-refractivity contribution < 1.29 is 9.53 Å². The summed E-state index contributed by atoms with van der Waals surface area (Å²) in [5.41, 5.74) is 1.45. The molecule has 0 spiro atoms. The van der Waals surface area contributed by atoms with E-state index < -0.39 is 0 Å². The molecule has 148 valence electrons. The molecule has 0 aliphatic heterocycles. The van der Waals surface area contributed by atoms with Gasteiger partial charge in [0.15, 0.2) is 0 Å². The minimum Gasteiger partial charge on any atom is -0.497 e. The summed E-state index contributed by atoms with van der Waals surface area (Å²) in [5, 5.41) is 10.2. The lowest BCUT2D eigenvalue weighted by Gasteiger charge is -2.09. The summed E-state index contributed by atoms with van der Waals surface area (Å²) < 4.78 is 8.51. The van der Waals surface area contributed by atoms with Crippen LogP contribution in [-0.2, 0) is 17.9 Å². The Kier molecular flexibility index (Phi) is 5.44. The molecule has 3 aromatic heterocycles. The van der Waals surface area contributed by atoms with Gasteiger partial charge in [-0.05, 0) is 41.8 Å². The molecule has 0 saturated carbocycles. The van der Waals surface area contributed by atoms with Crippen molar-refractivity contribution >= 4 is 28.1 Å². The lowest BCUT2D eigenvalue weighted by atomic mass is 10.2. The molecule has 1 N–H and O–H groups in total. The van der Waals surface area contributed by atoms with Crippen LogP contribution in [0.15, 0.2) is 64.9 Å². The fourth-order valence-corrected chi connectivity index (χ4v) is 3.82. The average molecular weight is 408 g/mol. The SMILES string of the molecule is COc1ccc2c(ccn2CCNC(=O)Cn2nc(-c3cccs3)ccc2=O)c1. The fraction of sp³-hybridized carbons (Fsp3) is 0.190. The van der Waals surface area contributed by atoms with Gasteiger partial charge in [-0.3, -0.25) is 9.59 Å². The van der Waals surface area contributed by atoms with Gasteiger partial charge in [0, 0.05) is 36.3 Å². The highest BCUT2D eigenvalue weighted by molar-refractivity contribution is 7.13. The number of benzene rings is 1. The van der Waals surface area contributed by atoms with Crippen molar-refractivity contribution in [2.24, 2.45) is 0 Å². The maximum Gasteiger partial charge on any atom is 0.267 e. The number of rotatable bonds is 7. The van der Waals surface area contributed by atoms with E-state index in [1.165, 1.54) is 22.1 Å². The van der Waals surface area contributed by atoms with Crippen LogP contribution in [0.3, 0.4) is 0 Å². The number of thiophene rings is 1. The van der Waals surface area contributed by atoms with Gasteiger partial charge >= 0.3 is 0 Å². The van der Waals surface area contributed by atoms with Gasteiger partial charge in [-0.2, -0.15) is 5.10 Å². The molecule has 0 aliphatic carbocycles. The van der Waals surface area contributed by atoms with E-state index in [4.69, 9.17) is 4.74 Å². The molecule has 0 saturated heterocycles. The first-order valence-corrected chi connectivity index (χ1v) is 10.0. The first-order valence-electron chi connectivity index (χ1n) is 9.16. The van der Waals surface area contributed by atoms with Crippen molar-refractivity contribution in [3.63, 3.8) is 0 Å². The Morgan fingerprint density at radius 2 is 2.10 bits per heavy atom. The Labute approximate surface area is 171 Å². The molecule has 0 bridgehead atoms. The molecule has 0 unspecified atom stereocenters. The van der Waals surface area contributed by atoms with Crippen molar-refractivity contribution in [1.29, 1.82) is 0 Å². The number of carbonyl (C=O) groups excluding carboxylic acids is 1. The normalized spacial score (nSPS) is 10.9. The predicted octanol–water partition coefficient (Wildman–Crippen LogP) is 2.75. The summed E-state index contributed by atoms with van der Waals surface area (Å²) in [6.07, 6.45) is 1.98. The molecule has 8 heteroatoms. The summed E-state index contributed by atoms with van der Waals surface area (Å²) in [4.78, 5) is 25.3. The Bertz CT molecular complexity index is 1190. The molecule has 4 rings (SSSR count). The van der Waals surface area contributed by atoms with Crippen LogP contribution in [0.2, 0.25) is 0 Å². The maximum absolute atomic E-state index is 12.3. The highest BCUT2D eigenvalue weighted by Crippen LogP contribution is 2.22. The Morgan fingerprint density at radius 3 is 2.90 bits per heavy atom. The van der Waals surface area contributed by atoms with Gasteiger partial charge in [-0.25, -0.2) is 4.68 Å². The van der Waals surface area contributed by atoms with Gasteiger partial charge in [0.1, 0.15) is 18.0 Å². The van der Waals surface area contributed by atoms with E-state index in [-0.39, 0.29) is 18.0 Å². The number of amides is 1. The number of fused-ring (bicyclic) bond motifs is 1. The molecule has 7 nitrogen and oxygen atoms in total. The zero-order chi connectivity index (χ0) is 20.2. The predicted molar refractivity (Wildman–Crippen MR) is 113 cm³/mol. The monoisotopic (exact) mass is 408 g/mol. The molecule has 1 amide bonds. The van der Waals surface area contributed by atoms with Gasteiger partial charge in [0.05, 0.1) is 12.0 Å². The van der Waals surface area contributed by atoms with E-state index >= 15 is 0 Å². The van der Waals surface area contributed by atoms with E-state index in [2.05, 4.69) is 15.0 Å². The molecule has 0 radical (unpaired) electrons. The van der Waals surface area contributed by atoms with Crippen LogP contribution in [0.5, 0.6) is 5.75 Å². The highest BCUT2D eigenvalue weighted by atomic mass is 32.1. The van der Waals surface area contributed by atoms with Gasteiger partial charge in [-0.15, -0.1) is 11.3 Å². The second kappa shape index (κ2) is 8.32. The van der Waals surface area contributed by atoms with Gasteiger partial charge < -0.3 is 14.6 Å². The molecular formula is C21H20N4O3S. The van der Waals surface area contributed by atoms with Crippen LogP contribution in [0.1, 0.15) is 0 Å². The van der Waals surface area contributed by atoms with E-state index in [0.717, 1.165) is 21.5 Å². The van der Waals surface area contributed by atoms with Crippen LogP contribution >= 0.6 is 11.3 Å². The summed E-state index contributed by atoms with van der Waals surface area (Å²) in [6.45, 7) is 0.967. The summed E-state index contributed by atoms with van der Waals surface area (Å²) in [5.74, 6) is 0.562. The topological polar surface area (TPSA) is 78.2 Å². The van der Waals surface area contributed by atoms with E-state index in [1.807, 2.05) is 48.0 Å². The molecular weight excluding hydrogens is 388 g/mol. The quantitative estimate of drug-likeness (QED) is 0.510. The van der Waals surface area contributed by atoms with E-state index in [9.17, 15) is 9.59 Å². The summed E-state index contributed by atoms with van der Waals surface area (Å²) in [6, 6.07) is 14.9. The zero-order valence-corrected chi connectivity index (χ0v) is 16.7. The third-order valence-electron chi connectivity index (χ3n) is 4.59. The molecule has 29 heavy (non-hydrogen) atoms. The number of hydrogen-bond donors (Lipinski definition) is 1. The first-order chi connectivity index (χ1) is 14.1. The van der Waals surface area contributed by atoms with Gasteiger partial charge in [0.25, 0.3) is 5.56 Å². The number of nitrogens with one attached hydrogen (secondary N) is 1. The molecule has 1 aromatic carbocycles. The third kappa shape index (κ3) is 4.22. The van der Waals surface area contributed by atoms with Crippen molar-refractivity contribution in [2.75, 3.05) is 13.7 Å². The minimum atomic E-state index is -0.300. The molecule has 0 aliphatic rings. The van der Waals surface area contributed by atoms with Gasteiger partial charge in [-0.1, -0.05) is 6.07 Å². The lowest BCUT2D eigenvalue weighted by Crippen LogP contribution is -2.34. The second-order valence-corrected chi connectivity index (χ2v) is 7.42. The standard InChI is InChI=1S/C21H20N4O3S/c1-28-16-4-6-18-15(13-16)8-10-24(18)11-9-22-20(26)14-25-21(27)7-5-17(23-25)19-3-2-12-29-19/h2-8,10,12-13H,9,11,14H2,1H3,(H,22,26). The number of nitrogens with zero attached hydrogens (tertiary/aromatic N) is 3. The number of methoxy groups -OCH3 is 1. The number of carbonyl (C=O) groups is 1. The number of ether oxygens (including phenoxy) is 1. The number of aromatic nitrogens is 3. The molecule has 0 atom stereocenters. The maximum atomic E-state index is 12.3. The smallest absolute Gasteiger partial charge is 0.267 e.